The van der Waals surface area contributed by atoms with E-state index in [4.69, 9.17) is 0 Å². The second-order valence-corrected chi connectivity index (χ2v) is 4.24. The molecule has 1 N–H and O–H groups in total. The molecule has 1 fully saturated rings. The molecule has 0 spiro atoms. The maximum absolute atomic E-state index is 10.9. The fourth-order valence-electron chi connectivity index (χ4n) is 2.16. The van der Waals surface area contributed by atoms with Gasteiger partial charge in [-0.25, -0.2) is 0 Å². The third-order valence-corrected chi connectivity index (χ3v) is 3.29. The summed E-state index contributed by atoms with van der Waals surface area (Å²) in [6, 6.07) is 0. The molecule has 14 heavy (non-hydrogen) atoms. The number of hydrogen-bond acceptors (Lipinski definition) is 1. The molecule has 0 saturated heterocycles. The van der Waals surface area contributed by atoms with Crippen molar-refractivity contribution in [2.45, 2.75) is 39.0 Å². The van der Waals surface area contributed by atoms with E-state index < -0.39 is 0 Å². The minimum atomic E-state index is -0.0392. The Kier molecular flexibility index (Phi) is 4.71. The van der Waals surface area contributed by atoms with E-state index in [0.29, 0.717) is 5.92 Å². The van der Waals surface area contributed by atoms with Crippen molar-refractivity contribution in [1.29, 1.82) is 0 Å². The van der Waals surface area contributed by atoms with Gasteiger partial charge < -0.3 is 5.32 Å². The first-order chi connectivity index (χ1) is 6.76. The SMILES string of the molecule is C=CC(=O)NCC1CCC(CC)CC1. The molecule has 0 radical (unpaired) electrons. The number of hydrogen-bond donors (Lipinski definition) is 1. The smallest absolute Gasteiger partial charge is 0.243 e. The quantitative estimate of drug-likeness (QED) is 0.686. The molecule has 0 aromatic rings. The zero-order chi connectivity index (χ0) is 10.4. The zero-order valence-corrected chi connectivity index (χ0v) is 9.09. The Labute approximate surface area is 86.8 Å². The monoisotopic (exact) mass is 195 g/mol. The molecule has 0 aromatic carbocycles. The van der Waals surface area contributed by atoms with Crippen LogP contribution in [0.4, 0.5) is 0 Å². The molecule has 0 bridgehead atoms. The second-order valence-electron chi connectivity index (χ2n) is 4.24. The highest BCUT2D eigenvalue weighted by Gasteiger charge is 2.19. The number of nitrogens with one attached hydrogen (secondary N) is 1. The number of rotatable bonds is 4. The van der Waals surface area contributed by atoms with E-state index in [1.54, 1.807) is 0 Å². The van der Waals surface area contributed by atoms with Gasteiger partial charge in [0.1, 0.15) is 0 Å². The molecule has 0 atom stereocenters. The first-order valence-electron chi connectivity index (χ1n) is 5.66. The Bertz CT molecular complexity index is 192. The fourth-order valence-corrected chi connectivity index (χ4v) is 2.16. The highest BCUT2D eigenvalue weighted by atomic mass is 16.1. The van der Waals surface area contributed by atoms with Crippen molar-refractivity contribution in [2.24, 2.45) is 11.8 Å². The van der Waals surface area contributed by atoms with Crippen LogP contribution in [-0.4, -0.2) is 12.5 Å². The van der Waals surface area contributed by atoms with Gasteiger partial charge in [0.2, 0.25) is 5.91 Å². The van der Waals surface area contributed by atoms with E-state index in [1.807, 2.05) is 0 Å². The summed E-state index contributed by atoms with van der Waals surface area (Å²) in [5, 5.41) is 2.88. The van der Waals surface area contributed by atoms with Gasteiger partial charge in [0.25, 0.3) is 0 Å². The summed E-state index contributed by atoms with van der Waals surface area (Å²) in [7, 11) is 0. The lowest BCUT2D eigenvalue weighted by atomic mass is 9.81. The van der Waals surface area contributed by atoms with Crippen molar-refractivity contribution in [2.75, 3.05) is 6.54 Å². The molecule has 0 aliphatic heterocycles. The van der Waals surface area contributed by atoms with Crippen LogP contribution in [0.15, 0.2) is 12.7 Å². The van der Waals surface area contributed by atoms with Crippen molar-refractivity contribution in [3.8, 4) is 0 Å². The van der Waals surface area contributed by atoms with E-state index in [1.165, 1.54) is 38.2 Å². The average molecular weight is 195 g/mol. The summed E-state index contributed by atoms with van der Waals surface area (Å²) < 4.78 is 0. The summed E-state index contributed by atoms with van der Waals surface area (Å²) in [5.74, 6) is 1.59. The molecule has 2 heteroatoms. The topological polar surface area (TPSA) is 29.1 Å². The maximum atomic E-state index is 10.9. The van der Waals surface area contributed by atoms with Crippen LogP contribution < -0.4 is 5.32 Å². The summed E-state index contributed by atoms with van der Waals surface area (Å²) in [6.07, 6.45) is 7.88. The van der Waals surface area contributed by atoms with Gasteiger partial charge in [0, 0.05) is 6.54 Å². The van der Waals surface area contributed by atoms with Crippen LogP contribution in [0.25, 0.3) is 0 Å². The molecule has 0 heterocycles. The Balaban J connectivity index is 2.16. The van der Waals surface area contributed by atoms with E-state index in [0.717, 1.165) is 12.5 Å². The molecular formula is C12H21NO. The van der Waals surface area contributed by atoms with Crippen molar-refractivity contribution >= 4 is 5.91 Å². The van der Waals surface area contributed by atoms with Crippen LogP contribution in [0.1, 0.15) is 39.0 Å². The van der Waals surface area contributed by atoms with Crippen molar-refractivity contribution in [3.63, 3.8) is 0 Å². The van der Waals surface area contributed by atoms with Gasteiger partial charge in [0.05, 0.1) is 0 Å². The summed E-state index contributed by atoms with van der Waals surface area (Å²) in [6.45, 7) is 6.54. The Morgan fingerprint density at radius 1 is 1.36 bits per heavy atom. The van der Waals surface area contributed by atoms with Crippen molar-refractivity contribution in [3.05, 3.63) is 12.7 Å². The third kappa shape index (κ3) is 3.52. The Hall–Kier alpha value is -0.790. The normalized spacial score (nSPS) is 26.9. The largest absolute Gasteiger partial charge is 0.352 e. The van der Waals surface area contributed by atoms with E-state index in [2.05, 4.69) is 18.8 Å². The fraction of sp³-hybridized carbons (Fsp3) is 0.750. The molecule has 1 amide bonds. The van der Waals surface area contributed by atoms with Crippen LogP contribution in [-0.2, 0) is 4.79 Å². The summed E-state index contributed by atoms with van der Waals surface area (Å²) in [4.78, 5) is 10.9. The summed E-state index contributed by atoms with van der Waals surface area (Å²) in [5.41, 5.74) is 0. The zero-order valence-electron chi connectivity index (χ0n) is 9.09. The average Bonchev–Trinajstić information content (AvgIpc) is 2.26. The predicted octanol–water partition coefficient (Wildman–Crippen LogP) is 2.51. The van der Waals surface area contributed by atoms with Gasteiger partial charge in [-0.15, -0.1) is 0 Å². The van der Waals surface area contributed by atoms with Gasteiger partial charge in [-0.2, -0.15) is 0 Å². The van der Waals surface area contributed by atoms with Crippen molar-refractivity contribution in [1.82, 2.24) is 5.32 Å². The number of carbonyl (C=O) groups excluding carboxylic acids is 1. The molecule has 1 rings (SSSR count). The lowest BCUT2D eigenvalue weighted by Crippen LogP contribution is -2.29. The van der Waals surface area contributed by atoms with Crippen LogP contribution >= 0.6 is 0 Å². The molecule has 2 nitrogen and oxygen atoms in total. The maximum Gasteiger partial charge on any atom is 0.243 e. The lowest BCUT2D eigenvalue weighted by Gasteiger charge is -2.27. The van der Waals surface area contributed by atoms with Gasteiger partial charge in [-0.3, -0.25) is 4.79 Å². The molecule has 0 unspecified atom stereocenters. The van der Waals surface area contributed by atoms with Crippen LogP contribution in [0.2, 0.25) is 0 Å². The van der Waals surface area contributed by atoms with E-state index >= 15 is 0 Å². The molecule has 1 saturated carbocycles. The Morgan fingerprint density at radius 3 is 2.43 bits per heavy atom. The van der Waals surface area contributed by atoms with E-state index in [-0.39, 0.29) is 5.91 Å². The third-order valence-electron chi connectivity index (χ3n) is 3.29. The highest BCUT2D eigenvalue weighted by Crippen LogP contribution is 2.29. The van der Waals surface area contributed by atoms with Gasteiger partial charge >= 0.3 is 0 Å². The predicted molar refractivity (Wildman–Crippen MR) is 58.9 cm³/mol. The molecular weight excluding hydrogens is 174 g/mol. The molecule has 1 aliphatic carbocycles. The number of amides is 1. The van der Waals surface area contributed by atoms with Gasteiger partial charge in [-0.1, -0.05) is 32.8 Å². The second kappa shape index (κ2) is 5.84. The first-order valence-corrected chi connectivity index (χ1v) is 5.66. The molecule has 0 aromatic heterocycles. The molecule has 80 valence electrons. The van der Waals surface area contributed by atoms with Crippen LogP contribution in [0.3, 0.4) is 0 Å². The van der Waals surface area contributed by atoms with E-state index in [9.17, 15) is 4.79 Å². The Morgan fingerprint density at radius 2 is 1.93 bits per heavy atom. The number of carbonyl (C=O) groups is 1. The minimum absolute atomic E-state index is 0.0392. The first kappa shape index (κ1) is 11.3. The summed E-state index contributed by atoms with van der Waals surface area (Å²) >= 11 is 0. The minimum Gasteiger partial charge on any atom is -0.352 e. The lowest BCUT2D eigenvalue weighted by molar-refractivity contribution is -0.116. The standard InChI is InChI=1S/C12H21NO/c1-3-10-5-7-11(8-6-10)9-13-12(14)4-2/h4,10-11H,2-3,5-9H2,1H3,(H,13,14). The van der Waals surface area contributed by atoms with Gasteiger partial charge in [-0.05, 0) is 30.8 Å². The van der Waals surface area contributed by atoms with Crippen molar-refractivity contribution < 1.29 is 4.79 Å². The van der Waals surface area contributed by atoms with Crippen LogP contribution in [0, 0.1) is 11.8 Å². The van der Waals surface area contributed by atoms with Crippen LogP contribution in [0.5, 0.6) is 0 Å². The molecule has 1 aliphatic rings. The van der Waals surface area contributed by atoms with Gasteiger partial charge in [0.15, 0.2) is 0 Å². The highest BCUT2D eigenvalue weighted by molar-refractivity contribution is 5.86.